The van der Waals surface area contributed by atoms with Gasteiger partial charge in [0.25, 0.3) is 0 Å². The van der Waals surface area contributed by atoms with E-state index in [9.17, 15) is 25.2 Å². The highest BCUT2D eigenvalue weighted by atomic mass is 16.7. The van der Waals surface area contributed by atoms with Gasteiger partial charge in [-0.05, 0) is 6.42 Å². The Hall–Kier alpha value is -0.730. The summed E-state index contributed by atoms with van der Waals surface area (Å²) in [7, 11) is 0. The largest absolute Gasteiger partial charge is 0.547 e. The topological polar surface area (TPSA) is 119 Å². The number of carboxylic acid groups (broad SMARTS) is 1. The summed E-state index contributed by atoms with van der Waals surface area (Å²) in [5.74, 6) is -1.65. The van der Waals surface area contributed by atoms with Crippen LogP contribution in [0, 0.1) is 0 Å². The second kappa shape index (κ2) is 12.6. The minimum atomic E-state index is -1.74. The van der Waals surface area contributed by atoms with E-state index in [-0.39, 0.29) is 0 Å². The predicted molar refractivity (Wildman–Crippen MR) is 89.5 cm³/mol. The fourth-order valence-electron chi connectivity index (χ4n) is 2.97. The monoisotopic (exact) mass is 361 g/mol. The standard InChI is InChI=1S/C18H34O7/c1-2-3-4-5-6-7-8-9-10-11-12-24-18-15(21)13(19)14(20)16(25-18)17(22)23/h13-16,18-21H,2-12H2,1H3,(H,22,23)/p-1/t13-,14-,15+,16?,18-/m0/s1. The second-order valence-corrected chi connectivity index (χ2v) is 6.77. The van der Waals surface area contributed by atoms with Crippen LogP contribution in [-0.4, -0.2) is 58.6 Å². The van der Waals surface area contributed by atoms with Crippen LogP contribution in [0.1, 0.15) is 71.1 Å². The Morgan fingerprint density at radius 2 is 1.40 bits per heavy atom. The predicted octanol–water partition coefficient (Wildman–Crippen LogP) is 0.481. The summed E-state index contributed by atoms with van der Waals surface area (Å²) >= 11 is 0. The third kappa shape index (κ3) is 8.00. The van der Waals surface area contributed by atoms with Crippen LogP contribution in [0.2, 0.25) is 0 Å². The first-order chi connectivity index (χ1) is 12.0. The average Bonchev–Trinajstić information content (AvgIpc) is 2.59. The molecular formula is C18H33O7-. The number of hydrogen-bond acceptors (Lipinski definition) is 7. The Balaban J connectivity index is 2.10. The van der Waals surface area contributed by atoms with Crippen LogP contribution in [0.15, 0.2) is 0 Å². The van der Waals surface area contributed by atoms with Crippen molar-refractivity contribution in [1.29, 1.82) is 0 Å². The molecule has 0 aromatic carbocycles. The van der Waals surface area contributed by atoms with E-state index in [1.165, 1.54) is 44.9 Å². The van der Waals surface area contributed by atoms with Crippen molar-refractivity contribution in [1.82, 2.24) is 0 Å². The molecule has 0 aromatic heterocycles. The van der Waals surface area contributed by atoms with E-state index in [1.54, 1.807) is 0 Å². The number of rotatable bonds is 13. The molecule has 0 aliphatic carbocycles. The lowest BCUT2D eigenvalue weighted by Crippen LogP contribution is -2.62. The zero-order valence-corrected chi connectivity index (χ0v) is 15.1. The molecule has 1 fully saturated rings. The summed E-state index contributed by atoms with van der Waals surface area (Å²) in [6, 6.07) is 0. The molecule has 0 amide bonds. The molecular weight excluding hydrogens is 328 g/mol. The fraction of sp³-hybridized carbons (Fsp3) is 0.944. The third-order valence-electron chi connectivity index (χ3n) is 4.58. The summed E-state index contributed by atoms with van der Waals surface area (Å²) in [5, 5.41) is 39.9. The molecule has 1 aliphatic rings. The minimum absolute atomic E-state index is 0.292. The highest BCUT2D eigenvalue weighted by molar-refractivity contribution is 5.71. The minimum Gasteiger partial charge on any atom is -0.547 e. The van der Waals surface area contributed by atoms with Crippen LogP contribution >= 0.6 is 0 Å². The molecule has 1 unspecified atom stereocenters. The second-order valence-electron chi connectivity index (χ2n) is 6.77. The van der Waals surface area contributed by atoms with Crippen molar-refractivity contribution in [3.8, 4) is 0 Å². The quantitative estimate of drug-likeness (QED) is 0.408. The Morgan fingerprint density at radius 1 is 0.880 bits per heavy atom. The van der Waals surface area contributed by atoms with E-state index < -0.39 is 36.7 Å². The number of unbranched alkanes of at least 4 members (excludes halogenated alkanes) is 9. The molecule has 0 spiro atoms. The van der Waals surface area contributed by atoms with Crippen molar-refractivity contribution in [3.05, 3.63) is 0 Å². The van der Waals surface area contributed by atoms with Crippen LogP contribution < -0.4 is 5.11 Å². The van der Waals surface area contributed by atoms with E-state index in [0.717, 1.165) is 19.3 Å². The first kappa shape index (κ1) is 22.3. The molecule has 0 radical (unpaired) electrons. The molecule has 3 N–H and O–H groups in total. The van der Waals surface area contributed by atoms with Crippen molar-refractivity contribution >= 4 is 5.97 Å². The number of aliphatic hydroxyl groups excluding tert-OH is 3. The lowest BCUT2D eigenvalue weighted by atomic mass is 9.99. The highest BCUT2D eigenvalue weighted by Crippen LogP contribution is 2.22. The highest BCUT2D eigenvalue weighted by Gasteiger charge is 2.44. The summed E-state index contributed by atoms with van der Waals surface area (Å²) in [6.07, 6.45) is 3.90. The van der Waals surface area contributed by atoms with Gasteiger partial charge in [-0.2, -0.15) is 0 Å². The molecule has 148 valence electrons. The van der Waals surface area contributed by atoms with Crippen molar-refractivity contribution in [2.75, 3.05) is 6.61 Å². The van der Waals surface area contributed by atoms with Crippen LogP contribution in [0.4, 0.5) is 0 Å². The van der Waals surface area contributed by atoms with Crippen molar-refractivity contribution in [2.24, 2.45) is 0 Å². The van der Waals surface area contributed by atoms with Crippen LogP contribution in [0.3, 0.4) is 0 Å². The number of aliphatic hydroxyl groups is 3. The fourth-order valence-corrected chi connectivity index (χ4v) is 2.97. The van der Waals surface area contributed by atoms with Crippen molar-refractivity contribution in [2.45, 2.75) is 102 Å². The smallest absolute Gasteiger partial charge is 0.186 e. The number of hydrogen-bond donors (Lipinski definition) is 3. The first-order valence-corrected chi connectivity index (χ1v) is 9.51. The van der Waals surface area contributed by atoms with Crippen LogP contribution in [-0.2, 0) is 14.3 Å². The van der Waals surface area contributed by atoms with E-state index in [1.807, 2.05) is 0 Å². The molecule has 7 nitrogen and oxygen atoms in total. The summed E-state index contributed by atoms with van der Waals surface area (Å²) in [4.78, 5) is 10.9. The number of carbonyl (C=O) groups excluding carboxylic acids is 1. The van der Waals surface area contributed by atoms with Crippen LogP contribution in [0.25, 0.3) is 0 Å². The Morgan fingerprint density at radius 3 is 1.92 bits per heavy atom. The molecule has 1 rings (SSSR count). The number of carboxylic acids is 1. The summed E-state index contributed by atoms with van der Waals surface area (Å²) < 4.78 is 10.3. The first-order valence-electron chi connectivity index (χ1n) is 9.51. The molecule has 1 aliphatic heterocycles. The number of ether oxygens (including phenoxy) is 2. The number of aliphatic carboxylic acids is 1. The van der Waals surface area contributed by atoms with Gasteiger partial charge < -0.3 is 34.7 Å². The third-order valence-corrected chi connectivity index (χ3v) is 4.58. The molecule has 5 atom stereocenters. The maximum Gasteiger partial charge on any atom is 0.186 e. The summed E-state index contributed by atoms with van der Waals surface area (Å²) in [6.45, 7) is 2.50. The van der Waals surface area contributed by atoms with Gasteiger partial charge in [0, 0.05) is 6.61 Å². The van der Waals surface area contributed by atoms with Gasteiger partial charge in [0.15, 0.2) is 6.29 Å². The van der Waals surface area contributed by atoms with E-state index in [0.29, 0.717) is 6.61 Å². The van der Waals surface area contributed by atoms with E-state index in [2.05, 4.69) is 6.92 Å². The SMILES string of the molecule is CCCCCCCCCCCCO[C@H]1OC(C(=O)[O-])[C@@H](O)[C@H](O)[C@H]1O. The van der Waals surface area contributed by atoms with Gasteiger partial charge in [-0.1, -0.05) is 64.7 Å². The van der Waals surface area contributed by atoms with E-state index in [4.69, 9.17) is 9.47 Å². The van der Waals surface area contributed by atoms with Crippen LogP contribution in [0.5, 0.6) is 0 Å². The summed E-state index contributed by atoms with van der Waals surface area (Å²) in [5.41, 5.74) is 0. The van der Waals surface area contributed by atoms with Gasteiger partial charge in [-0.25, -0.2) is 0 Å². The molecule has 1 heterocycles. The average molecular weight is 361 g/mol. The van der Waals surface area contributed by atoms with Gasteiger partial charge in [-0.3, -0.25) is 0 Å². The lowest BCUT2D eigenvalue weighted by molar-refractivity contribution is -0.349. The molecule has 7 heteroatoms. The molecule has 0 bridgehead atoms. The van der Waals surface area contributed by atoms with E-state index >= 15 is 0 Å². The van der Waals surface area contributed by atoms with Gasteiger partial charge in [-0.15, -0.1) is 0 Å². The molecule has 25 heavy (non-hydrogen) atoms. The molecule has 0 aromatic rings. The molecule has 1 saturated heterocycles. The maximum absolute atomic E-state index is 10.9. The lowest BCUT2D eigenvalue weighted by Gasteiger charge is -2.40. The normalized spacial score (nSPS) is 29.7. The zero-order chi connectivity index (χ0) is 18.7. The Kier molecular flexibility index (Phi) is 11.2. The van der Waals surface area contributed by atoms with Gasteiger partial charge in [0.2, 0.25) is 0 Å². The zero-order valence-electron chi connectivity index (χ0n) is 15.1. The number of carbonyl (C=O) groups is 1. The van der Waals surface area contributed by atoms with Gasteiger partial charge >= 0.3 is 0 Å². The van der Waals surface area contributed by atoms with Crippen molar-refractivity contribution < 1.29 is 34.7 Å². The van der Waals surface area contributed by atoms with Gasteiger partial charge in [0.05, 0.1) is 5.97 Å². The maximum atomic E-state index is 10.9. The molecule has 0 saturated carbocycles. The van der Waals surface area contributed by atoms with Crippen molar-refractivity contribution in [3.63, 3.8) is 0 Å². The Labute approximate surface area is 150 Å². The Bertz CT molecular complexity index is 363. The van der Waals surface area contributed by atoms with Gasteiger partial charge in [0.1, 0.15) is 24.4 Å².